The van der Waals surface area contributed by atoms with Gasteiger partial charge in [0.15, 0.2) is 0 Å². The molecule has 1 nitrogen and oxygen atoms in total. The normalized spacial score (nSPS) is 5.12. The fourth-order valence-electron chi connectivity index (χ4n) is 0.118. The van der Waals surface area contributed by atoms with E-state index in [1.54, 1.807) is 0 Å². The molecule has 0 aliphatic carbocycles. The van der Waals surface area contributed by atoms with Gasteiger partial charge in [-0.2, -0.15) is 0 Å². The second-order valence-corrected chi connectivity index (χ2v) is 0.872. The number of ether oxygens (including phenoxy) is 1. The maximum Gasteiger partial charge on any atom is 0.0844 e. The molecule has 0 aromatic rings. The van der Waals surface area contributed by atoms with Gasteiger partial charge in [-0.1, -0.05) is 19.7 Å². The van der Waals surface area contributed by atoms with E-state index in [1.165, 1.54) is 6.26 Å². The fraction of sp³-hybridized carbons (Fsp3) is 0.286. The van der Waals surface area contributed by atoms with E-state index in [2.05, 4.69) is 30.2 Å². The molecule has 0 unspecified atom stereocenters. The van der Waals surface area contributed by atoms with Crippen LogP contribution >= 0.6 is 0 Å². The molecule has 0 atom stereocenters. The molecular weight excluding hydrogens is 100 g/mol. The van der Waals surface area contributed by atoms with Crippen molar-refractivity contribution in [3.63, 3.8) is 0 Å². The molecule has 0 fully saturated rings. The minimum Gasteiger partial charge on any atom is -0.502 e. The van der Waals surface area contributed by atoms with E-state index in [-0.39, 0.29) is 0 Å². The lowest BCUT2D eigenvalue weighted by Gasteiger charge is -1.84. The number of hydrogen-bond donors (Lipinski definition) is 0. The predicted molar refractivity (Wildman–Crippen MR) is 36.6 cm³/mol. The molecule has 8 heavy (non-hydrogen) atoms. The molecule has 1 heteroatoms. The molecule has 0 aromatic carbocycles. The van der Waals surface area contributed by atoms with Crippen molar-refractivity contribution in [2.45, 2.75) is 6.92 Å². The van der Waals surface area contributed by atoms with Crippen LogP contribution in [0, 0.1) is 0 Å². The van der Waals surface area contributed by atoms with Crippen molar-refractivity contribution in [1.82, 2.24) is 0 Å². The molecule has 0 N–H and O–H groups in total. The highest BCUT2D eigenvalue weighted by Gasteiger charge is 1.55. The summed E-state index contributed by atoms with van der Waals surface area (Å²) in [5.41, 5.74) is 2.25. The van der Waals surface area contributed by atoms with Gasteiger partial charge in [-0.15, -0.1) is 5.73 Å². The molecule has 0 spiro atoms. The average molecular weight is 112 g/mol. The van der Waals surface area contributed by atoms with Crippen molar-refractivity contribution >= 4 is 0 Å². The van der Waals surface area contributed by atoms with Gasteiger partial charge >= 0.3 is 0 Å². The van der Waals surface area contributed by atoms with Crippen LogP contribution in [0.3, 0.4) is 0 Å². The molecule has 0 aromatic heterocycles. The van der Waals surface area contributed by atoms with Crippen LogP contribution in [0.5, 0.6) is 0 Å². The summed E-state index contributed by atoms with van der Waals surface area (Å²) in [4.78, 5) is 0. The predicted octanol–water partition coefficient (Wildman–Crippen LogP) is 2.12. The Morgan fingerprint density at radius 1 is 1.62 bits per heavy atom. The first kappa shape index (κ1) is 10.1. The summed E-state index contributed by atoms with van der Waals surface area (Å²) >= 11 is 0. The van der Waals surface area contributed by atoms with E-state index in [0.717, 1.165) is 6.61 Å². The summed E-state index contributed by atoms with van der Waals surface area (Å²) in [6.45, 7) is 12.2. The van der Waals surface area contributed by atoms with Crippen LogP contribution in [0.1, 0.15) is 6.92 Å². The Hall–Kier alpha value is -0.940. The lowest BCUT2D eigenvalue weighted by molar-refractivity contribution is 0.270. The summed E-state index contributed by atoms with van der Waals surface area (Å²) in [6, 6.07) is 0. The third-order valence-corrected chi connectivity index (χ3v) is 0.285. The summed E-state index contributed by atoms with van der Waals surface area (Å²) in [5.74, 6) is 0. The van der Waals surface area contributed by atoms with E-state index in [1.807, 2.05) is 6.92 Å². The molecule has 0 aliphatic rings. The Morgan fingerprint density at radius 3 is 2.00 bits per heavy atom. The first-order chi connectivity index (χ1) is 3.83. The van der Waals surface area contributed by atoms with Crippen molar-refractivity contribution < 1.29 is 4.74 Å². The molecule has 0 heterocycles. The monoisotopic (exact) mass is 112 g/mol. The third kappa shape index (κ3) is 74.2. The highest BCUT2D eigenvalue weighted by atomic mass is 16.5. The highest BCUT2D eigenvalue weighted by Crippen LogP contribution is 1.65. The summed E-state index contributed by atoms with van der Waals surface area (Å²) < 4.78 is 4.60. The van der Waals surface area contributed by atoms with E-state index in [0.29, 0.717) is 0 Å². The van der Waals surface area contributed by atoms with Gasteiger partial charge in [0.05, 0.1) is 12.9 Å². The van der Waals surface area contributed by atoms with Crippen molar-refractivity contribution in [1.29, 1.82) is 0 Å². The van der Waals surface area contributed by atoms with Crippen molar-refractivity contribution in [2.75, 3.05) is 6.61 Å². The lowest BCUT2D eigenvalue weighted by atomic mass is 10.9. The van der Waals surface area contributed by atoms with E-state index >= 15 is 0 Å². The Bertz CT molecular complexity index is 68.5. The zero-order valence-corrected chi connectivity index (χ0v) is 5.31. The summed E-state index contributed by atoms with van der Waals surface area (Å²) in [7, 11) is 0. The molecule has 0 radical (unpaired) electrons. The molecule has 0 amide bonds. The van der Waals surface area contributed by atoms with Gasteiger partial charge in [-0.25, -0.2) is 0 Å². The summed E-state index contributed by atoms with van der Waals surface area (Å²) in [5, 5.41) is 0. The van der Waals surface area contributed by atoms with Crippen LogP contribution in [0.25, 0.3) is 0 Å². The Kier molecular flexibility index (Phi) is 21.0. The van der Waals surface area contributed by atoms with Crippen molar-refractivity contribution in [3.05, 3.63) is 31.7 Å². The lowest BCUT2D eigenvalue weighted by Crippen LogP contribution is -1.72. The third-order valence-electron chi connectivity index (χ3n) is 0.285. The first-order valence-corrected chi connectivity index (χ1v) is 2.35. The molecule has 0 bridgehead atoms. The topological polar surface area (TPSA) is 9.23 Å². The number of hydrogen-bond acceptors (Lipinski definition) is 1. The van der Waals surface area contributed by atoms with E-state index < -0.39 is 0 Å². The van der Waals surface area contributed by atoms with Crippen LogP contribution in [0.2, 0.25) is 0 Å². The smallest absolute Gasteiger partial charge is 0.0844 e. The molecule has 46 valence electrons. The van der Waals surface area contributed by atoms with Gasteiger partial charge in [-0.3, -0.25) is 0 Å². The summed E-state index contributed by atoms with van der Waals surface area (Å²) in [6.07, 6.45) is 1.43. The average Bonchev–Trinajstić information content (AvgIpc) is 1.71. The second kappa shape index (κ2) is 16.6. The zero-order valence-electron chi connectivity index (χ0n) is 5.31. The quantitative estimate of drug-likeness (QED) is 0.392. The minimum atomic E-state index is 0.726. The van der Waals surface area contributed by atoms with Gasteiger partial charge in [0.1, 0.15) is 0 Å². The van der Waals surface area contributed by atoms with E-state index in [4.69, 9.17) is 0 Å². The van der Waals surface area contributed by atoms with Gasteiger partial charge in [-0.05, 0) is 6.92 Å². The molecule has 0 aliphatic heterocycles. The number of rotatable bonds is 2. The van der Waals surface area contributed by atoms with Gasteiger partial charge in [0.25, 0.3) is 0 Å². The zero-order chi connectivity index (χ0) is 6.83. The van der Waals surface area contributed by atoms with E-state index in [9.17, 15) is 0 Å². The first-order valence-electron chi connectivity index (χ1n) is 2.35. The van der Waals surface area contributed by atoms with Gasteiger partial charge in [0, 0.05) is 0 Å². The molecule has 0 saturated carbocycles. The Labute approximate surface area is 51.0 Å². The van der Waals surface area contributed by atoms with Crippen LogP contribution < -0.4 is 0 Å². The Morgan fingerprint density at radius 2 is 2.00 bits per heavy atom. The van der Waals surface area contributed by atoms with Gasteiger partial charge in [0.2, 0.25) is 0 Å². The Balaban J connectivity index is 0. The maximum atomic E-state index is 4.60. The van der Waals surface area contributed by atoms with Gasteiger partial charge < -0.3 is 4.74 Å². The van der Waals surface area contributed by atoms with Crippen molar-refractivity contribution in [3.8, 4) is 0 Å². The minimum absolute atomic E-state index is 0.726. The van der Waals surface area contributed by atoms with Crippen molar-refractivity contribution in [2.24, 2.45) is 0 Å². The van der Waals surface area contributed by atoms with Crippen LogP contribution in [0.4, 0.5) is 0 Å². The van der Waals surface area contributed by atoms with Crippen LogP contribution in [0.15, 0.2) is 31.7 Å². The fourth-order valence-corrected chi connectivity index (χ4v) is 0.118. The van der Waals surface area contributed by atoms with Crippen LogP contribution in [-0.2, 0) is 4.74 Å². The second-order valence-electron chi connectivity index (χ2n) is 0.872. The molecular formula is C7H12O. The highest BCUT2D eigenvalue weighted by molar-refractivity contribution is 4.51. The molecule has 0 saturated heterocycles. The largest absolute Gasteiger partial charge is 0.502 e. The maximum absolute atomic E-state index is 4.60. The van der Waals surface area contributed by atoms with Crippen LogP contribution in [-0.4, -0.2) is 6.61 Å². The standard InChI is InChI=1S/C4H8O.C3H4/c1-3-5-4-2;1-3-2/h3H,1,4H2,2H3;1-2H2. The SMILES string of the molecule is C=C=C.C=COCC. The molecule has 0 rings (SSSR count).